The van der Waals surface area contributed by atoms with E-state index in [1.807, 2.05) is 36.7 Å². The second kappa shape index (κ2) is 3.94. The van der Waals surface area contributed by atoms with Gasteiger partial charge in [-0.2, -0.15) is 0 Å². The lowest BCUT2D eigenvalue weighted by Gasteiger charge is -2.30. The second-order valence-electron chi connectivity index (χ2n) is 5.04. The highest BCUT2D eigenvalue weighted by atomic mass is 127. The monoisotopic (exact) mass is 283 g/mol. The van der Waals surface area contributed by atoms with Crippen LogP contribution in [0.3, 0.4) is 0 Å². The average molecular weight is 283 g/mol. The van der Waals surface area contributed by atoms with Crippen molar-refractivity contribution in [3.63, 3.8) is 0 Å². The summed E-state index contributed by atoms with van der Waals surface area (Å²) in [6, 6.07) is 0. The Morgan fingerprint density at radius 1 is 1.25 bits per heavy atom. The first-order valence-electron chi connectivity index (χ1n) is 4.10. The van der Waals surface area contributed by atoms with Crippen molar-refractivity contribution in [2.45, 2.75) is 41.0 Å². The van der Waals surface area contributed by atoms with Crippen LogP contribution in [0.5, 0.6) is 0 Å². The van der Waals surface area contributed by atoms with Crippen LogP contribution in [0.4, 0.5) is 0 Å². The standard InChI is InChI=1S/C9H18INO/c1-8(2,3)6-9(4,5)7(12)11-10/h6H2,1-5H3,(H,11,12). The molecular weight excluding hydrogens is 265 g/mol. The molecule has 0 aromatic rings. The minimum atomic E-state index is -0.264. The molecule has 72 valence electrons. The van der Waals surface area contributed by atoms with Gasteiger partial charge in [0.05, 0.1) is 22.9 Å². The molecule has 1 amide bonds. The van der Waals surface area contributed by atoms with E-state index >= 15 is 0 Å². The van der Waals surface area contributed by atoms with Crippen molar-refractivity contribution in [1.82, 2.24) is 3.53 Å². The Hall–Kier alpha value is 0.200. The molecule has 0 aromatic carbocycles. The van der Waals surface area contributed by atoms with E-state index in [2.05, 4.69) is 24.3 Å². The Kier molecular flexibility index (Phi) is 4.00. The molecule has 0 aromatic heterocycles. The molecule has 0 fully saturated rings. The van der Waals surface area contributed by atoms with Crippen LogP contribution in [0.15, 0.2) is 0 Å². The molecule has 1 N–H and O–H groups in total. The largest absolute Gasteiger partial charge is 0.298 e. The van der Waals surface area contributed by atoms with Crippen molar-refractivity contribution >= 4 is 28.8 Å². The zero-order valence-corrected chi connectivity index (χ0v) is 10.7. The van der Waals surface area contributed by atoms with Crippen LogP contribution < -0.4 is 3.53 Å². The normalized spacial score (nSPS) is 12.8. The van der Waals surface area contributed by atoms with Gasteiger partial charge >= 0.3 is 0 Å². The summed E-state index contributed by atoms with van der Waals surface area (Å²) in [6.45, 7) is 10.4. The van der Waals surface area contributed by atoms with Gasteiger partial charge in [0.15, 0.2) is 0 Å². The van der Waals surface area contributed by atoms with Crippen molar-refractivity contribution in [1.29, 1.82) is 0 Å². The fourth-order valence-electron chi connectivity index (χ4n) is 1.53. The molecule has 0 aliphatic rings. The Morgan fingerprint density at radius 3 is 1.92 bits per heavy atom. The molecule has 0 heterocycles. The molecule has 3 heteroatoms. The summed E-state index contributed by atoms with van der Waals surface area (Å²) in [4.78, 5) is 11.4. The van der Waals surface area contributed by atoms with Crippen molar-refractivity contribution in [2.75, 3.05) is 0 Å². The van der Waals surface area contributed by atoms with E-state index in [9.17, 15) is 4.79 Å². The SMILES string of the molecule is CC(C)(C)CC(C)(C)C(=O)NI. The van der Waals surface area contributed by atoms with Gasteiger partial charge in [-0.1, -0.05) is 34.6 Å². The molecule has 0 radical (unpaired) electrons. The van der Waals surface area contributed by atoms with Crippen LogP contribution in [-0.2, 0) is 4.79 Å². The molecule has 0 aliphatic heterocycles. The maximum atomic E-state index is 11.4. The van der Waals surface area contributed by atoms with Crippen molar-refractivity contribution in [2.24, 2.45) is 10.8 Å². The summed E-state index contributed by atoms with van der Waals surface area (Å²) in [7, 11) is 0. The third-order valence-corrected chi connectivity index (χ3v) is 2.16. The minimum Gasteiger partial charge on any atom is -0.298 e. The Bertz CT molecular complexity index is 170. The number of hydrogen-bond acceptors (Lipinski definition) is 1. The zero-order valence-electron chi connectivity index (χ0n) is 8.49. The van der Waals surface area contributed by atoms with E-state index in [0.717, 1.165) is 6.42 Å². The van der Waals surface area contributed by atoms with Gasteiger partial charge in [0.2, 0.25) is 5.91 Å². The second-order valence-corrected chi connectivity index (χ2v) is 5.58. The van der Waals surface area contributed by atoms with Gasteiger partial charge in [-0.15, -0.1) is 0 Å². The van der Waals surface area contributed by atoms with E-state index < -0.39 is 0 Å². The molecule has 0 unspecified atom stereocenters. The average Bonchev–Trinajstić information content (AvgIpc) is 1.80. The number of carbonyl (C=O) groups excluding carboxylic acids is 1. The Balaban J connectivity index is 4.32. The van der Waals surface area contributed by atoms with E-state index in [0.29, 0.717) is 0 Å². The maximum Gasteiger partial charge on any atom is 0.234 e. The van der Waals surface area contributed by atoms with Gasteiger partial charge < -0.3 is 0 Å². The quantitative estimate of drug-likeness (QED) is 0.612. The van der Waals surface area contributed by atoms with Crippen LogP contribution in [0.2, 0.25) is 0 Å². The first kappa shape index (κ1) is 12.2. The number of hydrogen-bond donors (Lipinski definition) is 1. The molecular formula is C9H18INO. The van der Waals surface area contributed by atoms with Crippen LogP contribution in [0.25, 0.3) is 0 Å². The molecule has 0 aliphatic carbocycles. The van der Waals surface area contributed by atoms with Crippen molar-refractivity contribution in [3.05, 3.63) is 0 Å². The maximum absolute atomic E-state index is 11.4. The predicted octanol–water partition coefficient (Wildman–Crippen LogP) is 2.92. The zero-order chi connectivity index (χ0) is 9.99. The van der Waals surface area contributed by atoms with Gasteiger partial charge in [-0.05, 0) is 11.8 Å². The summed E-state index contributed by atoms with van der Waals surface area (Å²) in [5.41, 5.74) is -0.0634. The van der Waals surface area contributed by atoms with Crippen LogP contribution >= 0.6 is 22.9 Å². The first-order chi connectivity index (χ1) is 5.19. The Labute approximate surface area is 89.0 Å². The number of amides is 1. The molecule has 0 spiro atoms. The van der Waals surface area contributed by atoms with Gasteiger partial charge in [0.1, 0.15) is 0 Å². The van der Waals surface area contributed by atoms with Gasteiger partial charge in [-0.25, -0.2) is 0 Å². The van der Waals surface area contributed by atoms with Crippen molar-refractivity contribution < 1.29 is 4.79 Å². The summed E-state index contributed by atoms with van der Waals surface area (Å²) in [6.07, 6.45) is 0.898. The fourth-order valence-corrected chi connectivity index (χ4v) is 2.26. The number of carbonyl (C=O) groups is 1. The van der Waals surface area contributed by atoms with E-state index in [4.69, 9.17) is 0 Å². The third-order valence-electron chi connectivity index (χ3n) is 1.67. The molecule has 0 saturated heterocycles. The molecule has 0 rings (SSSR count). The summed E-state index contributed by atoms with van der Waals surface area (Å²) < 4.78 is 2.66. The Morgan fingerprint density at radius 2 is 1.67 bits per heavy atom. The third kappa shape index (κ3) is 4.28. The predicted molar refractivity (Wildman–Crippen MR) is 60.0 cm³/mol. The highest BCUT2D eigenvalue weighted by molar-refractivity contribution is 14.1. The molecule has 2 nitrogen and oxygen atoms in total. The summed E-state index contributed by atoms with van der Waals surface area (Å²) >= 11 is 1.89. The highest BCUT2D eigenvalue weighted by Crippen LogP contribution is 2.33. The van der Waals surface area contributed by atoms with Gasteiger partial charge in [-0.3, -0.25) is 8.32 Å². The number of nitrogens with one attached hydrogen (secondary N) is 1. The molecule has 0 saturated carbocycles. The molecule has 0 bridgehead atoms. The van der Waals surface area contributed by atoms with Crippen LogP contribution in [-0.4, -0.2) is 5.91 Å². The molecule has 0 atom stereocenters. The van der Waals surface area contributed by atoms with E-state index in [-0.39, 0.29) is 16.7 Å². The van der Waals surface area contributed by atoms with Crippen LogP contribution in [0.1, 0.15) is 41.0 Å². The topological polar surface area (TPSA) is 29.1 Å². The fraction of sp³-hybridized carbons (Fsp3) is 0.889. The lowest BCUT2D eigenvalue weighted by molar-refractivity contribution is -0.128. The number of rotatable bonds is 2. The summed E-state index contributed by atoms with van der Waals surface area (Å²) in [5, 5.41) is 0. The first-order valence-corrected chi connectivity index (χ1v) is 5.18. The molecule has 12 heavy (non-hydrogen) atoms. The van der Waals surface area contributed by atoms with E-state index in [1.165, 1.54) is 0 Å². The van der Waals surface area contributed by atoms with Gasteiger partial charge in [0, 0.05) is 5.41 Å². The number of halogens is 1. The minimum absolute atomic E-state index is 0.109. The van der Waals surface area contributed by atoms with Crippen LogP contribution in [0, 0.1) is 10.8 Å². The lowest BCUT2D eigenvalue weighted by Crippen LogP contribution is -2.34. The smallest absolute Gasteiger partial charge is 0.234 e. The highest BCUT2D eigenvalue weighted by Gasteiger charge is 2.31. The van der Waals surface area contributed by atoms with E-state index in [1.54, 1.807) is 0 Å². The van der Waals surface area contributed by atoms with Gasteiger partial charge in [0.25, 0.3) is 0 Å². The van der Waals surface area contributed by atoms with Crippen molar-refractivity contribution in [3.8, 4) is 0 Å². The lowest BCUT2D eigenvalue weighted by atomic mass is 9.76. The summed E-state index contributed by atoms with van der Waals surface area (Å²) in [5.74, 6) is 0.109.